The first-order valence-corrected chi connectivity index (χ1v) is 8.17. The Kier molecular flexibility index (Phi) is 6.06. The van der Waals surface area contributed by atoms with Crippen LogP contribution in [0.25, 0.3) is 10.2 Å². The molecule has 0 saturated heterocycles. The minimum atomic E-state index is -0.580. The van der Waals surface area contributed by atoms with E-state index >= 15 is 0 Å². The molecular formula is C16H20N2O4S. The number of ether oxygens (including phenoxy) is 2. The van der Waals surface area contributed by atoms with Crippen LogP contribution in [-0.4, -0.2) is 48.1 Å². The summed E-state index contributed by atoms with van der Waals surface area (Å²) in [6.45, 7) is 3.50. The number of hydrogen-bond donors (Lipinski definition) is 1. The van der Waals surface area contributed by atoms with Gasteiger partial charge in [-0.1, -0.05) is 6.92 Å². The molecule has 0 aliphatic rings. The van der Waals surface area contributed by atoms with Crippen LogP contribution in [0.5, 0.6) is 5.75 Å². The fraction of sp³-hybridized carbons (Fsp3) is 0.438. The molecule has 7 heteroatoms. The van der Waals surface area contributed by atoms with E-state index in [-0.39, 0.29) is 13.2 Å². The Morgan fingerprint density at radius 2 is 2.26 bits per heavy atom. The van der Waals surface area contributed by atoms with Crippen molar-refractivity contribution in [1.29, 1.82) is 0 Å². The smallest absolute Gasteiger partial charge is 0.330 e. The molecule has 1 heterocycles. The van der Waals surface area contributed by atoms with Crippen LogP contribution in [0.1, 0.15) is 25.3 Å². The Hall–Kier alpha value is -1.99. The molecule has 6 nitrogen and oxygen atoms in total. The number of esters is 1. The van der Waals surface area contributed by atoms with E-state index in [9.17, 15) is 4.79 Å². The molecule has 2 rings (SSSR count). The predicted octanol–water partition coefficient (Wildman–Crippen LogP) is 2.43. The Balaban J connectivity index is 2.23. The first kappa shape index (κ1) is 17.4. The van der Waals surface area contributed by atoms with Crippen LogP contribution >= 0.6 is 11.3 Å². The van der Waals surface area contributed by atoms with Crippen molar-refractivity contribution in [3.63, 3.8) is 0 Å². The molecule has 1 atom stereocenters. The van der Waals surface area contributed by atoms with E-state index in [0.29, 0.717) is 12.1 Å². The van der Waals surface area contributed by atoms with Gasteiger partial charge in [-0.25, -0.2) is 9.78 Å². The van der Waals surface area contributed by atoms with E-state index in [1.807, 2.05) is 32.0 Å². The molecule has 1 aromatic carbocycles. The highest BCUT2D eigenvalue weighted by Crippen LogP contribution is 2.26. The Labute approximate surface area is 138 Å². The fourth-order valence-electron chi connectivity index (χ4n) is 2.03. The van der Waals surface area contributed by atoms with E-state index in [1.54, 1.807) is 7.11 Å². The van der Waals surface area contributed by atoms with Gasteiger partial charge >= 0.3 is 5.97 Å². The molecule has 0 saturated carbocycles. The minimum Gasteiger partial charge on any atom is -0.497 e. The molecule has 0 unspecified atom stereocenters. The maximum absolute atomic E-state index is 11.9. The van der Waals surface area contributed by atoms with Crippen molar-refractivity contribution in [2.24, 2.45) is 4.99 Å². The lowest BCUT2D eigenvalue weighted by Gasteiger charge is -2.10. The number of aliphatic hydroxyl groups is 1. The Morgan fingerprint density at radius 3 is 2.91 bits per heavy atom. The molecule has 1 N–H and O–H groups in total. The molecule has 0 radical (unpaired) electrons. The maximum Gasteiger partial charge on any atom is 0.330 e. The highest BCUT2D eigenvalue weighted by molar-refractivity contribution is 7.20. The average Bonchev–Trinajstić information content (AvgIpc) is 3.00. The standard InChI is InChI=1S/C16H20N2O4S/c1-4-12(16(20)22-8-7-19)17-10(2)15-18-13-6-5-11(21-3)9-14(13)23-15/h5-6,9,12,19H,4,7-8H2,1-3H3/t12-/m1/s1. The van der Waals surface area contributed by atoms with Gasteiger partial charge in [-0.15, -0.1) is 11.3 Å². The van der Waals surface area contributed by atoms with E-state index in [2.05, 4.69) is 9.98 Å². The number of carbonyl (C=O) groups excluding carboxylic acids is 1. The second-order valence-corrected chi connectivity index (χ2v) is 5.91. The lowest BCUT2D eigenvalue weighted by Crippen LogP contribution is -2.23. The third kappa shape index (κ3) is 4.27. The van der Waals surface area contributed by atoms with Gasteiger partial charge in [-0.3, -0.25) is 4.99 Å². The van der Waals surface area contributed by atoms with Gasteiger partial charge in [0.1, 0.15) is 23.4 Å². The first-order valence-electron chi connectivity index (χ1n) is 7.35. The van der Waals surface area contributed by atoms with Crippen molar-refractivity contribution in [1.82, 2.24) is 4.98 Å². The highest BCUT2D eigenvalue weighted by Gasteiger charge is 2.18. The Morgan fingerprint density at radius 1 is 1.48 bits per heavy atom. The SMILES string of the molecule is CC[C@@H](N=C(C)c1nc2ccc(OC)cc2s1)C(=O)OCCO. The predicted molar refractivity (Wildman–Crippen MR) is 90.5 cm³/mol. The highest BCUT2D eigenvalue weighted by atomic mass is 32.1. The van der Waals surface area contributed by atoms with E-state index in [4.69, 9.17) is 14.6 Å². The monoisotopic (exact) mass is 336 g/mol. The van der Waals surface area contributed by atoms with Crippen LogP contribution < -0.4 is 4.74 Å². The number of aliphatic hydroxyl groups excluding tert-OH is 1. The van der Waals surface area contributed by atoms with Gasteiger partial charge in [0.15, 0.2) is 0 Å². The largest absolute Gasteiger partial charge is 0.497 e. The summed E-state index contributed by atoms with van der Waals surface area (Å²) in [5.41, 5.74) is 1.56. The van der Waals surface area contributed by atoms with Crippen molar-refractivity contribution in [3.05, 3.63) is 23.2 Å². The molecular weight excluding hydrogens is 316 g/mol. The van der Waals surface area contributed by atoms with Crippen molar-refractivity contribution in [2.45, 2.75) is 26.3 Å². The maximum atomic E-state index is 11.9. The number of fused-ring (bicyclic) bond motifs is 1. The summed E-state index contributed by atoms with van der Waals surface area (Å²) < 4.78 is 11.2. The second-order valence-electron chi connectivity index (χ2n) is 4.88. The third-order valence-electron chi connectivity index (χ3n) is 3.25. The third-order valence-corrected chi connectivity index (χ3v) is 4.38. The lowest BCUT2D eigenvalue weighted by atomic mass is 10.2. The van der Waals surface area contributed by atoms with Crippen molar-refractivity contribution in [2.75, 3.05) is 20.3 Å². The molecule has 0 aliphatic heterocycles. The topological polar surface area (TPSA) is 81.0 Å². The number of benzene rings is 1. The number of hydrogen-bond acceptors (Lipinski definition) is 7. The molecule has 0 bridgehead atoms. The fourth-order valence-corrected chi connectivity index (χ4v) is 2.97. The van der Waals surface area contributed by atoms with Crippen molar-refractivity contribution < 1.29 is 19.4 Å². The van der Waals surface area contributed by atoms with E-state index in [0.717, 1.165) is 21.0 Å². The van der Waals surface area contributed by atoms with Crippen molar-refractivity contribution >= 4 is 33.2 Å². The van der Waals surface area contributed by atoms with E-state index in [1.165, 1.54) is 11.3 Å². The number of rotatable bonds is 7. The van der Waals surface area contributed by atoms with Crippen molar-refractivity contribution in [3.8, 4) is 5.75 Å². The van der Waals surface area contributed by atoms with Crippen LogP contribution in [0.2, 0.25) is 0 Å². The summed E-state index contributed by atoms with van der Waals surface area (Å²) in [7, 11) is 1.62. The summed E-state index contributed by atoms with van der Waals surface area (Å²) in [5, 5.41) is 9.49. The number of methoxy groups -OCH3 is 1. The molecule has 124 valence electrons. The zero-order valence-corrected chi connectivity index (χ0v) is 14.2. The zero-order chi connectivity index (χ0) is 16.8. The molecule has 1 aromatic heterocycles. The number of carbonyl (C=O) groups is 1. The summed E-state index contributed by atoms with van der Waals surface area (Å²) in [4.78, 5) is 20.9. The van der Waals surface area contributed by atoms with Crippen LogP contribution in [0, 0.1) is 0 Å². The lowest BCUT2D eigenvalue weighted by molar-refractivity contribution is -0.146. The Bertz CT molecular complexity index is 711. The second kappa shape index (κ2) is 8.03. The van der Waals surface area contributed by atoms with Gasteiger partial charge < -0.3 is 14.6 Å². The van der Waals surface area contributed by atoms with Gasteiger partial charge in [0.2, 0.25) is 0 Å². The van der Waals surface area contributed by atoms with E-state index < -0.39 is 12.0 Å². The van der Waals surface area contributed by atoms with Gasteiger partial charge in [-0.2, -0.15) is 0 Å². The van der Waals surface area contributed by atoms with Gasteiger partial charge in [0.25, 0.3) is 0 Å². The molecule has 0 fully saturated rings. The quantitative estimate of drug-likeness (QED) is 0.620. The van der Waals surface area contributed by atoms with Gasteiger partial charge in [0.05, 0.1) is 29.6 Å². The number of aliphatic imine (C=N–C) groups is 1. The normalized spacial score (nSPS) is 13.1. The van der Waals surface area contributed by atoms with Crippen LogP contribution in [0.15, 0.2) is 23.2 Å². The van der Waals surface area contributed by atoms with Crippen LogP contribution in [0.4, 0.5) is 0 Å². The average molecular weight is 336 g/mol. The minimum absolute atomic E-state index is 0.00909. The van der Waals surface area contributed by atoms with Crippen LogP contribution in [-0.2, 0) is 9.53 Å². The molecule has 0 amide bonds. The molecule has 23 heavy (non-hydrogen) atoms. The van der Waals surface area contributed by atoms with Gasteiger partial charge in [0, 0.05) is 0 Å². The summed E-state index contributed by atoms with van der Waals surface area (Å²) in [6, 6.07) is 5.10. The zero-order valence-electron chi connectivity index (χ0n) is 13.4. The first-order chi connectivity index (χ1) is 11.1. The van der Waals surface area contributed by atoms with Crippen LogP contribution in [0.3, 0.4) is 0 Å². The summed E-state index contributed by atoms with van der Waals surface area (Å²) in [5.74, 6) is 0.352. The number of nitrogens with zero attached hydrogens (tertiary/aromatic N) is 2. The van der Waals surface area contributed by atoms with Gasteiger partial charge in [-0.05, 0) is 31.5 Å². The molecule has 0 aliphatic carbocycles. The summed E-state index contributed by atoms with van der Waals surface area (Å²) >= 11 is 1.50. The molecule has 2 aromatic rings. The summed E-state index contributed by atoms with van der Waals surface area (Å²) in [6.07, 6.45) is 0.528. The number of thiazole rings is 1. The number of aromatic nitrogens is 1. The molecule has 0 spiro atoms.